The number of para-hydroxylation sites is 2. The molecule has 0 N–H and O–H groups in total. The lowest BCUT2D eigenvalue weighted by Crippen LogP contribution is -2.32. The van der Waals surface area contributed by atoms with Crippen LogP contribution >= 0.6 is 0 Å². The lowest BCUT2D eigenvalue weighted by atomic mass is 9.66. The van der Waals surface area contributed by atoms with E-state index in [0.29, 0.717) is 0 Å². The van der Waals surface area contributed by atoms with Crippen molar-refractivity contribution in [1.82, 2.24) is 0 Å². The number of rotatable bonds is 0. The molecule has 7 aromatic carbocycles. The van der Waals surface area contributed by atoms with Gasteiger partial charge < -0.3 is 4.74 Å². The SMILES string of the molecule is c1ccc2c(c1)Oc1ccccc1C21c2ccccc2-c2c1cc1ccc3cccc4ccc2c1c34. The predicted molar refractivity (Wildman–Crippen MR) is 148 cm³/mol. The lowest BCUT2D eigenvalue weighted by Gasteiger charge is -2.39. The molecular weight excluding hydrogens is 436 g/mol. The second-order valence-corrected chi connectivity index (χ2v) is 10.0. The molecule has 9 rings (SSSR count). The summed E-state index contributed by atoms with van der Waals surface area (Å²) in [5.41, 5.74) is 7.34. The van der Waals surface area contributed by atoms with Gasteiger partial charge >= 0.3 is 0 Å². The number of fused-ring (bicyclic) bond motifs is 10. The first-order valence-corrected chi connectivity index (χ1v) is 12.5. The molecule has 0 saturated carbocycles. The maximum atomic E-state index is 6.49. The highest BCUT2D eigenvalue weighted by Gasteiger charge is 2.51. The molecule has 7 aromatic rings. The van der Waals surface area contributed by atoms with Gasteiger partial charge in [-0.1, -0.05) is 103 Å². The Morgan fingerprint density at radius 2 is 1.06 bits per heavy atom. The van der Waals surface area contributed by atoms with Crippen LogP contribution in [0.4, 0.5) is 0 Å². The van der Waals surface area contributed by atoms with E-state index in [9.17, 15) is 0 Å². The minimum Gasteiger partial charge on any atom is -0.457 e. The van der Waals surface area contributed by atoms with E-state index in [2.05, 4.69) is 121 Å². The van der Waals surface area contributed by atoms with Crippen LogP contribution in [-0.2, 0) is 5.41 Å². The van der Waals surface area contributed by atoms with Crippen molar-refractivity contribution in [2.24, 2.45) is 0 Å². The van der Waals surface area contributed by atoms with Crippen LogP contribution in [0.1, 0.15) is 22.3 Å². The summed E-state index contributed by atoms with van der Waals surface area (Å²) in [6.45, 7) is 0. The van der Waals surface area contributed by atoms with Crippen molar-refractivity contribution in [2.45, 2.75) is 5.41 Å². The average molecular weight is 457 g/mol. The van der Waals surface area contributed by atoms with Crippen molar-refractivity contribution in [3.05, 3.63) is 144 Å². The zero-order valence-corrected chi connectivity index (χ0v) is 19.5. The molecule has 1 spiro atoms. The van der Waals surface area contributed by atoms with Crippen molar-refractivity contribution in [3.8, 4) is 22.6 Å². The van der Waals surface area contributed by atoms with E-state index in [-0.39, 0.29) is 0 Å². The summed E-state index contributed by atoms with van der Waals surface area (Å²) in [5.74, 6) is 1.87. The largest absolute Gasteiger partial charge is 0.457 e. The van der Waals surface area contributed by atoms with Crippen LogP contribution in [-0.4, -0.2) is 0 Å². The molecule has 1 heteroatoms. The van der Waals surface area contributed by atoms with Crippen molar-refractivity contribution < 1.29 is 4.74 Å². The van der Waals surface area contributed by atoms with E-state index >= 15 is 0 Å². The summed E-state index contributed by atoms with van der Waals surface area (Å²) >= 11 is 0. The fourth-order valence-electron chi connectivity index (χ4n) is 7.14. The van der Waals surface area contributed by atoms with E-state index in [0.717, 1.165) is 11.5 Å². The smallest absolute Gasteiger partial charge is 0.132 e. The number of hydrogen-bond acceptors (Lipinski definition) is 1. The average Bonchev–Trinajstić information content (AvgIpc) is 3.22. The number of hydrogen-bond donors (Lipinski definition) is 0. The maximum absolute atomic E-state index is 6.49. The fraction of sp³-hybridized carbons (Fsp3) is 0.0286. The fourth-order valence-corrected chi connectivity index (χ4v) is 7.14. The van der Waals surface area contributed by atoms with E-state index in [4.69, 9.17) is 4.74 Å². The molecule has 0 unspecified atom stereocenters. The Labute approximate surface area is 208 Å². The van der Waals surface area contributed by atoms with Gasteiger partial charge in [-0.05, 0) is 72.8 Å². The summed E-state index contributed by atoms with van der Waals surface area (Å²) in [5, 5.41) is 7.95. The second-order valence-electron chi connectivity index (χ2n) is 10.0. The van der Waals surface area contributed by atoms with Crippen LogP contribution in [0.3, 0.4) is 0 Å². The molecule has 1 nitrogen and oxygen atoms in total. The van der Waals surface area contributed by atoms with E-state index < -0.39 is 5.41 Å². The Hall–Kier alpha value is -4.62. The van der Waals surface area contributed by atoms with Gasteiger partial charge in [0, 0.05) is 11.1 Å². The highest BCUT2D eigenvalue weighted by Crippen LogP contribution is 2.63. The Morgan fingerprint density at radius 1 is 0.444 bits per heavy atom. The second kappa shape index (κ2) is 6.33. The van der Waals surface area contributed by atoms with Crippen LogP contribution in [0.5, 0.6) is 11.5 Å². The van der Waals surface area contributed by atoms with Crippen LogP contribution in [0.25, 0.3) is 43.4 Å². The monoisotopic (exact) mass is 456 g/mol. The minimum absolute atomic E-state index is 0.429. The van der Waals surface area contributed by atoms with Crippen LogP contribution < -0.4 is 4.74 Å². The molecule has 0 saturated heterocycles. The summed E-state index contributed by atoms with van der Waals surface area (Å²) in [6.07, 6.45) is 0. The zero-order valence-electron chi connectivity index (χ0n) is 19.5. The van der Waals surface area contributed by atoms with Gasteiger partial charge in [-0.25, -0.2) is 0 Å². The Morgan fingerprint density at radius 3 is 1.81 bits per heavy atom. The predicted octanol–water partition coefficient (Wildman–Crippen LogP) is 9.05. The van der Waals surface area contributed by atoms with Gasteiger partial charge in [-0.15, -0.1) is 0 Å². The molecule has 1 aliphatic carbocycles. The van der Waals surface area contributed by atoms with Gasteiger partial charge in [0.25, 0.3) is 0 Å². The van der Waals surface area contributed by atoms with Crippen LogP contribution in [0.2, 0.25) is 0 Å². The molecule has 0 aromatic heterocycles. The Bertz CT molecular complexity index is 1970. The molecule has 36 heavy (non-hydrogen) atoms. The van der Waals surface area contributed by atoms with E-state index in [1.807, 2.05) is 0 Å². The Balaban J connectivity index is 1.56. The van der Waals surface area contributed by atoms with Crippen LogP contribution in [0.15, 0.2) is 121 Å². The summed E-state index contributed by atoms with van der Waals surface area (Å²) in [6, 6.07) is 44.4. The maximum Gasteiger partial charge on any atom is 0.132 e. The molecule has 0 radical (unpaired) electrons. The van der Waals surface area contributed by atoms with Gasteiger partial charge in [0.05, 0.1) is 5.41 Å². The number of ether oxygens (including phenoxy) is 1. The van der Waals surface area contributed by atoms with Gasteiger partial charge in [0.1, 0.15) is 11.5 Å². The third-order valence-electron chi connectivity index (χ3n) is 8.45. The third kappa shape index (κ3) is 2.01. The molecule has 2 aliphatic rings. The summed E-state index contributed by atoms with van der Waals surface area (Å²) in [4.78, 5) is 0. The first-order chi connectivity index (χ1) is 17.9. The van der Waals surface area contributed by atoms with E-state index in [1.54, 1.807) is 0 Å². The topological polar surface area (TPSA) is 9.23 Å². The Kier molecular flexibility index (Phi) is 3.28. The van der Waals surface area contributed by atoms with Gasteiger partial charge in [-0.2, -0.15) is 0 Å². The van der Waals surface area contributed by atoms with Crippen molar-refractivity contribution in [2.75, 3.05) is 0 Å². The van der Waals surface area contributed by atoms with E-state index in [1.165, 1.54) is 65.7 Å². The molecular formula is C35H20O. The first kappa shape index (κ1) is 18.7. The normalized spacial score (nSPS) is 14.6. The molecule has 1 heterocycles. The van der Waals surface area contributed by atoms with Crippen molar-refractivity contribution in [3.63, 3.8) is 0 Å². The highest BCUT2D eigenvalue weighted by atomic mass is 16.5. The summed E-state index contributed by atoms with van der Waals surface area (Å²) in [7, 11) is 0. The standard InChI is InChI=1S/C35H20O/c1-2-11-26-24(10-1)34-25-19-18-22-9-7-8-21-16-17-23(33(25)32(21)22)20-29(34)35(26)27-12-3-5-14-30(27)36-31-15-6-4-13-28(31)35/h1-20H. The van der Waals surface area contributed by atoms with Crippen molar-refractivity contribution >= 4 is 32.3 Å². The van der Waals surface area contributed by atoms with Gasteiger partial charge in [-0.3, -0.25) is 0 Å². The molecule has 166 valence electrons. The first-order valence-electron chi connectivity index (χ1n) is 12.5. The quantitative estimate of drug-likeness (QED) is 0.207. The molecule has 0 bridgehead atoms. The van der Waals surface area contributed by atoms with Crippen LogP contribution in [0, 0.1) is 0 Å². The molecule has 1 aliphatic heterocycles. The highest BCUT2D eigenvalue weighted by molar-refractivity contribution is 6.26. The molecule has 0 amide bonds. The molecule has 0 atom stereocenters. The summed E-state index contributed by atoms with van der Waals surface area (Å²) < 4.78 is 6.49. The minimum atomic E-state index is -0.429. The zero-order chi connectivity index (χ0) is 23.4. The molecule has 0 fully saturated rings. The van der Waals surface area contributed by atoms with Gasteiger partial charge in [0.15, 0.2) is 0 Å². The van der Waals surface area contributed by atoms with Gasteiger partial charge in [0.2, 0.25) is 0 Å². The number of benzene rings is 7. The lowest BCUT2D eigenvalue weighted by molar-refractivity contribution is 0.436. The van der Waals surface area contributed by atoms with Crippen molar-refractivity contribution in [1.29, 1.82) is 0 Å². The third-order valence-corrected chi connectivity index (χ3v) is 8.45.